The number of sulfonamides is 1. The zero-order valence-corrected chi connectivity index (χ0v) is 24.4. The van der Waals surface area contributed by atoms with Crippen LogP contribution in [0.1, 0.15) is 28.9 Å². The van der Waals surface area contributed by atoms with E-state index in [1.165, 1.54) is 11.3 Å². The van der Waals surface area contributed by atoms with Gasteiger partial charge in [-0.05, 0) is 62.4 Å². The van der Waals surface area contributed by atoms with Gasteiger partial charge < -0.3 is 19.9 Å². The van der Waals surface area contributed by atoms with Gasteiger partial charge in [-0.1, -0.05) is 6.42 Å². The molecule has 0 aliphatic carbocycles. The second-order valence-corrected chi connectivity index (χ2v) is 13.4. The molecule has 4 heterocycles. The number of fused-ring (bicyclic) bond motifs is 2. The van der Waals surface area contributed by atoms with E-state index >= 15 is 0 Å². The second kappa shape index (κ2) is 11.0. The quantitative estimate of drug-likeness (QED) is 0.356. The van der Waals surface area contributed by atoms with Crippen LogP contribution in [0.5, 0.6) is 5.75 Å². The van der Waals surface area contributed by atoms with Crippen LogP contribution in [0.2, 0.25) is 0 Å². The van der Waals surface area contributed by atoms with Gasteiger partial charge in [-0.2, -0.15) is 4.31 Å². The number of carbonyl (C=O) groups is 1. The highest BCUT2D eigenvalue weighted by Gasteiger charge is 2.28. The summed E-state index contributed by atoms with van der Waals surface area (Å²) in [6.45, 7) is 4.42. The van der Waals surface area contributed by atoms with Gasteiger partial charge >= 0.3 is 0 Å². The number of nitrogens with zero attached hydrogens (tertiary/aromatic N) is 4. The molecule has 0 radical (unpaired) electrons. The first-order chi connectivity index (χ1) is 19.3. The molecular formula is C29H33N5O4S2. The van der Waals surface area contributed by atoms with E-state index in [0.29, 0.717) is 23.7 Å². The number of carbonyl (C=O) groups excluding carboxylic acids is 1. The zero-order valence-electron chi connectivity index (χ0n) is 22.7. The summed E-state index contributed by atoms with van der Waals surface area (Å²) in [5.41, 5.74) is 2.14. The fraction of sp³-hybridized carbons (Fsp3) is 0.379. The molecule has 2 fully saturated rings. The van der Waals surface area contributed by atoms with Gasteiger partial charge in [0.1, 0.15) is 10.6 Å². The number of hydrogen-bond acceptors (Lipinski definition) is 8. The third-order valence-corrected chi connectivity index (χ3v) is 10.7. The van der Waals surface area contributed by atoms with Gasteiger partial charge in [-0.15, -0.1) is 11.3 Å². The molecule has 0 bridgehead atoms. The molecular weight excluding hydrogens is 546 g/mol. The molecule has 0 atom stereocenters. The van der Waals surface area contributed by atoms with E-state index in [4.69, 9.17) is 9.72 Å². The maximum atomic E-state index is 13.6. The number of likely N-dealkylation sites (N-methyl/N-ethyl adjacent to an activating group) is 1. The number of piperidine rings is 1. The van der Waals surface area contributed by atoms with Crippen molar-refractivity contribution in [2.45, 2.75) is 24.2 Å². The van der Waals surface area contributed by atoms with E-state index in [0.717, 1.165) is 78.0 Å². The second-order valence-electron chi connectivity index (χ2n) is 10.4. The van der Waals surface area contributed by atoms with Crippen LogP contribution in [0, 0.1) is 0 Å². The lowest BCUT2D eigenvalue weighted by Crippen LogP contribution is -2.44. The van der Waals surface area contributed by atoms with Crippen molar-refractivity contribution in [3.8, 4) is 5.75 Å². The van der Waals surface area contributed by atoms with Crippen molar-refractivity contribution >= 4 is 59.8 Å². The predicted molar refractivity (Wildman–Crippen MR) is 160 cm³/mol. The maximum Gasteiger partial charge on any atom is 0.265 e. The minimum atomic E-state index is -3.65. The first kappa shape index (κ1) is 26.9. The molecule has 9 nitrogen and oxygen atoms in total. The molecule has 2 aliphatic heterocycles. The number of methoxy groups -OCH3 is 1. The number of hydrogen-bond donors (Lipinski definition) is 1. The molecule has 6 rings (SSSR count). The third-order valence-electron chi connectivity index (χ3n) is 7.75. The van der Waals surface area contributed by atoms with Crippen LogP contribution in [0.3, 0.4) is 0 Å². The summed E-state index contributed by atoms with van der Waals surface area (Å²) in [6.07, 6.45) is 2.77. The van der Waals surface area contributed by atoms with Gasteiger partial charge in [0, 0.05) is 56.1 Å². The smallest absolute Gasteiger partial charge is 0.265 e. The fourth-order valence-electron chi connectivity index (χ4n) is 5.38. The predicted octanol–water partition coefficient (Wildman–Crippen LogP) is 4.64. The van der Waals surface area contributed by atoms with Crippen LogP contribution in [0.4, 0.5) is 11.4 Å². The Labute approximate surface area is 238 Å². The number of anilines is 2. The van der Waals surface area contributed by atoms with Crippen LogP contribution in [-0.2, 0) is 10.0 Å². The standard InChI is InChI=1S/C29H33N5O4S2/c1-32-12-14-33(15-13-32)26-9-8-23(40(36,37)34-10-4-3-5-11-34)19-25(26)30-28(35)27-17-21-16-20-6-7-22(38-2)18-24(20)31-29(21)39-27/h6-9,16-19H,3-5,10-15H2,1-2H3,(H,30,35). The minimum Gasteiger partial charge on any atom is -0.497 e. The average molecular weight is 580 g/mol. The van der Waals surface area contributed by atoms with Crippen molar-refractivity contribution in [3.05, 3.63) is 53.4 Å². The number of ether oxygens (including phenoxy) is 1. The molecule has 2 aromatic heterocycles. The topological polar surface area (TPSA) is 95.1 Å². The Balaban J connectivity index is 1.34. The number of piperazine rings is 1. The summed E-state index contributed by atoms with van der Waals surface area (Å²) >= 11 is 1.32. The number of pyridine rings is 1. The molecule has 210 valence electrons. The first-order valence-corrected chi connectivity index (χ1v) is 15.8. The highest BCUT2D eigenvalue weighted by Crippen LogP contribution is 2.34. The summed E-state index contributed by atoms with van der Waals surface area (Å²) in [7, 11) is 0.0559. The van der Waals surface area contributed by atoms with Gasteiger partial charge in [0.05, 0.1) is 33.8 Å². The Hall–Kier alpha value is -3.25. The zero-order chi connectivity index (χ0) is 27.9. The number of amides is 1. The molecule has 1 N–H and O–H groups in total. The van der Waals surface area contributed by atoms with E-state index in [-0.39, 0.29) is 10.8 Å². The summed E-state index contributed by atoms with van der Waals surface area (Å²) < 4.78 is 33.9. The van der Waals surface area contributed by atoms with E-state index < -0.39 is 10.0 Å². The number of nitrogens with one attached hydrogen (secondary N) is 1. The van der Waals surface area contributed by atoms with Crippen molar-refractivity contribution in [2.75, 3.05) is 63.6 Å². The third kappa shape index (κ3) is 5.26. The Morgan fingerprint density at radius 1 is 0.925 bits per heavy atom. The van der Waals surface area contributed by atoms with Gasteiger partial charge in [0.25, 0.3) is 5.91 Å². The highest BCUT2D eigenvalue weighted by atomic mass is 32.2. The molecule has 0 spiro atoms. The van der Waals surface area contributed by atoms with E-state index in [1.807, 2.05) is 36.4 Å². The monoisotopic (exact) mass is 579 g/mol. The number of rotatable bonds is 6. The number of aromatic nitrogens is 1. The molecule has 2 aromatic carbocycles. The SMILES string of the molecule is COc1ccc2cc3cc(C(=O)Nc4cc(S(=O)(=O)N5CCCCC5)ccc4N4CCN(C)CC4)sc3nc2c1. The largest absolute Gasteiger partial charge is 0.497 e. The molecule has 1 amide bonds. The Bertz CT molecular complexity index is 1670. The van der Waals surface area contributed by atoms with Crippen LogP contribution in [0.25, 0.3) is 21.1 Å². The molecule has 4 aromatic rings. The Kier molecular flexibility index (Phi) is 7.39. The molecule has 2 saturated heterocycles. The lowest BCUT2D eigenvalue weighted by molar-refractivity contribution is 0.103. The van der Waals surface area contributed by atoms with E-state index in [9.17, 15) is 13.2 Å². The van der Waals surface area contributed by atoms with E-state index in [1.54, 1.807) is 23.5 Å². The lowest BCUT2D eigenvalue weighted by atomic mass is 10.2. The van der Waals surface area contributed by atoms with E-state index in [2.05, 4.69) is 22.2 Å². The average Bonchev–Trinajstić information content (AvgIpc) is 3.39. The van der Waals surface area contributed by atoms with Crippen molar-refractivity contribution < 1.29 is 17.9 Å². The number of thiophene rings is 1. The molecule has 40 heavy (non-hydrogen) atoms. The Morgan fingerprint density at radius 3 is 2.45 bits per heavy atom. The summed E-state index contributed by atoms with van der Waals surface area (Å²) in [4.78, 5) is 24.3. The van der Waals surface area contributed by atoms with Crippen LogP contribution in [-0.4, -0.2) is 81.9 Å². The van der Waals surface area contributed by atoms with Gasteiger partial charge in [0.15, 0.2) is 0 Å². The summed E-state index contributed by atoms with van der Waals surface area (Å²) in [5.74, 6) is 0.442. The summed E-state index contributed by atoms with van der Waals surface area (Å²) in [5, 5.41) is 4.90. The molecule has 11 heteroatoms. The van der Waals surface area contributed by atoms with Crippen LogP contribution >= 0.6 is 11.3 Å². The normalized spacial score (nSPS) is 17.4. The highest BCUT2D eigenvalue weighted by molar-refractivity contribution is 7.89. The first-order valence-electron chi connectivity index (χ1n) is 13.6. The maximum absolute atomic E-state index is 13.6. The Morgan fingerprint density at radius 2 is 1.70 bits per heavy atom. The van der Waals surface area contributed by atoms with Crippen molar-refractivity contribution in [1.29, 1.82) is 0 Å². The van der Waals surface area contributed by atoms with Crippen molar-refractivity contribution in [2.24, 2.45) is 0 Å². The van der Waals surface area contributed by atoms with Crippen molar-refractivity contribution in [3.63, 3.8) is 0 Å². The van der Waals surface area contributed by atoms with Crippen molar-refractivity contribution in [1.82, 2.24) is 14.2 Å². The fourth-order valence-corrected chi connectivity index (χ4v) is 7.84. The van der Waals surface area contributed by atoms with Gasteiger partial charge in [-0.3, -0.25) is 4.79 Å². The minimum absolute atomic E-state index is 0.209. The molecule has 2 aliphatic rings. The van der Waals surface area contributed by atoms with Gasteiger partial charge in [-0.25, -0.2) is 13.4 Å². The lowest BCUT2D eigenvalue weighted by Gasteiger charge is -2.35. The molecule has 0 unspecified atom stereocenters. The van der Waals surface area contributed by atoms with Crippen LogP contribution < -0.4 is 15.0 Å². The molecule has 0 saturated carbocycles. The van der Waals surface area contributed by atoms with Crippen LogP contribution in [0.15, 0.2) is 53.4 Å². The summed E-state index contributed by atoms with van der Waals surface area (Å²) in [6, 6.07) is 14.7. The number of benzene rings is 2. The van der Waals surface area contributed by atoms with Gasteiger partial charge in [0.2, 0.25) is 10.0 Å².